The number of rotatable bonds is 5. The van der Waals surface area contributed by atoms with Gasteiger partial charge in [-0.1, -0.05) is 37.8 Å². The van der Waals surface area contributed by atoms with Gasteiger partial charge < -0.3 is 4.74 Å². The standard InChI is InChI=1S/C19H12Br2N4O4/c1-3-6-29-18-12(7-14(21)9-17(18)25(27)28)10-22-24-11(2)23-16-5-4-13(20)8-15(16)19(24)26/h1,4-5,7-10H,6H2,2H3. The van der Waals surface area contributed by atoms with Gasteiger partial charge in [-0.25, -0.2) is 4.98 Å². The normalized spacial score (nSPS) is 11.0. The van der Waals surface area contributed by atoms with Gasteiger partial charge in [0.25, 0.3) is 5.56 Å². The van der Waals surface area contributed by atoms with E-state index in [9.17, 15) is 14.9 Å². The lowest BCUT2D eigenvalue weighted by Crippen LogP contribution is -2.20. The highest BCUT2D eigenvalue weighted by molar-refractivity contribution is 9.10. The van der Waals surface area contributed by atoms with Crippen molar-refractivity contribution in [1.82, 2.24) is 9.66 Å². The summed E-state index contributed by atoms with van der Waals surface area (Å²) in [5.74, 6) is 2.59. The topological polar surface area (TPSA) is 99.6 Å². The minimum atomic E-state index is -0.583. The predicted octanol–water partition coefficient (Wildman–Crippen LogP) is 4.03. The van der Waals surface area contributed by atoms with Gasteiger partial charge in [0, 0.05) is 20.6 Å². The Morgan fingerprint density at radius 2 is 2.10 bits per heavy atom. The van der Waals surface area contributed by atoms with Crippen LogP contribution in [-0.2, 0) is 0 Å². The van der Waals surface area contributed by atoms with Gasteiger partial charge in [0.05, 0.1) is 22.0 Å². The summed E-state index contributed by atoms with van der Waals surface area (Å²) in [7, 11) is 0. The van der Waals surface area contributed by atoms with Crippen LogP contribution in [0.5, 0.6) is 5.75 Å². The van der Waals surface area contributed by atoms with E-state index in [0.29, 0.717) is 21.2 Å². The first-order chi connectivity index (χ1) is 13.8. The second-order valence-electron chi connectivity index (χ2n) is 5.78. The van der Waals surface area contributed by atoms with E-state index in [2.05, 4.69) is 47.9 Å². The molecule has 0 aliphatic heterocycles. The van der Waals surface area contributed by atoms with E-state index in [4.69, 9.17) is 11.2 Å². The van der Waals surface area contributed by atoms with E-state index in [1.165, 1.54) is 12.3 Å². The third-order valence-electron chi connectivity index (χ3n) is 3.84. The van der Waals surface area contributed by atoms with Crippen LogP contribution >= 0.6 is 31.9 Å². The highest BCUT2D eigenvalue weighted by Crippen LogP contribution is 2.33. The molecule has 146 valence electrons. The van der Waals surface area contributed by atoms with Crippen molar-refractivity contribution < 1.29 is 9.66 Å². The average Bonchev–Trinajstić information content (AvgIpc) is 2.67. The lowest BCUT2D eigenvalue weighted by atomic mass is 10.2. The summed E-state index contributed by atoms with van der Waals surface area (Å²) in [6.07, 6.45) is 6.50. The van der Waals surface area contributed by atoms with Crippen molar-refractivity contribution in [3.05, 3.63) is 71.1 Å². The highest BCUT2D eigenvalue weighted by Gasteiger charge is 2.20. The summed E-state index contributed by atoms with van der Waals surface area (Å²) in [5, 5.41) is 16.0. The van der Waals surface area contributed by atoms with Gasteiger partial charge in [0.1, 0.15) is 12.4 Å². The molecule has 0 bridgehead atoms. The Morgan fingerprint density at radius 3 is 2.79 bits per heavy atom. The molecule has 1 aromatic heterocycles. The van der Waals surface area contributed by atoms with Gasteiger partial charge >= 0.3 is 5.69 Å². The number of aromatic nitrogens is 2. The Bertz CT molecular complexity index is 1260. The van der Waals surface area contributed by atoms with Crippen molar-refractivity contribution in [2.24, 2.45) is 5.10 Å². The number of nitro benzene ring substituents is 1. The number of nitro groups is 1. The number of terminal acetylenes is 1. The van der Waals surface area contributed by atoms with Crippen LogP contribution in [0.15, 0.2) is 49.2 Å². The summed E-state index contributed by atoms with van der Waals surface area (Å²) in [5.41, 5.74) is 0.168. The first-order valence-corrected chi connectivity index (χ1v) is 9.68. The number of benzene rings is 2. The van der Waals surface area contributed by atoms with Gasteiger partial charge in [-0.3, -0.25) is 14.9 Å². The smallest absolute Gasteiger partial charge is 0.312 e. The maximum Gasteiger partial charge on any atom is 0.312 e. The van der Waals surface area contributed by atoms with Gasteiger partial charge in [0.15, 0.2) is 0 Å². The molecule has 2 aromatic carbocycles. The number of ether oxygens (including phenoxy) is 1. The predicted molar refractivity (Wildman–Crippen MR) is 117 cm³/mol. The fourth-order valence-corrected chi connectivity index (χ4v) is 3.44. The van der Waals surface area contributed by atoms with E-state index < -0.39 is 4.92 Å². The molecule has 0 amide bonds. The van der Waals surface area contributed by atoms with E-state index in [-0.39, 0.29) is 29.2 Å². The van der Waals surface area contributed by atoms with Crippen LogP contribution in [0.25, 0.3) is 10.9 Å². The molecule has 1 heterocycles. The van der Waals surface area contributed by atoms with Crippen LogP contribution in [0.3, 0.4) is 0 Å². The van der Waals surface area contributed by atoms with Gasteiger partial charge in [-0.15, -0.1) is 6.42 Å². The van der Waals surface area contributed by atoms with Crippen LogP contribution in [0.1, 0.15) is 11.4 Å². The second-order valence-corrected chi connectivity index (χ2v) is 7.61. The largest absolute Gasteiger partial charge is 0.473 e. The van der Waals surface area contributed by atoms with Crippen molar-refractivity contribution >= 4 is 54.7 Å². The molecule has 3 rings (SSSR count). The van der Waals surface area contributed by atoms with E-state index in [1.807, 2.05) is 0 Å². The lowest BCUT2D eigenvalue weighted by Gasteiger charge is -2.09. The van der Waals surface area contributed by atoms with Crippen molar-refractivity contribution in [1.29, 1.82) is 0 Å². The van der Waals surface area contributed by atoms with Crippen LogP contribution in [-0.4, -0.2) is 27.4 Å². The zero-order chi connectivity index (χ0) is 21.1. The SMILES string of the molecule is C#CCOc1c(C=Nn2c(C)nc3ccc(Br)cc3c2=O)cc(Br)cc1[N+](=O)[O-]. The molecule has 3 aromatic rings. The number of hydrogen-bond donors (Lipinski definition) is 0. The van der Waals surface area contributed by atoms with Gasteiger partial charge in [-0.05, 0) is 31.2 Å². The molecule has 10 heteroatoms. The molecule has 0 radical (unpaired) electrons. The lowest BCUT2D eigenvalue weighted by molar-refractivity contribution is -0.385. The first kappa shape index (κ1) is 20.7. The molecular formula is C19H12Br2N4O4. The molecule has 0 aliphatic carbocycles. The second kappa shape index (κ2) is 8.55. The highest BCUT2D eigenvalue weighted by atomic mass is 79.9. The molecule has 0 atom stereocenters. The minimum Gasteiger partial charge on any atom is -0.473 e. The zero-order valence-electron chi connectivity index (χ0n) is 14.9. The first-order valence-electron chi connectivity index (χ1n) is 8.09. The number of nitrogens with zero attached hydrogens (tertiary/aromatic N) is 4. The van der Waals surface area contributed by atoms with Crippen molar-refractivity contribution in [3.8, 4) is 18.1 Å². The van der Waals surface area contributed by atoms with Gasteiger partial charge in [0.2, 0.25) is 5.75 Å². The summed E-state index contributed by atoms with van der Waals surface area (Å²) in [6.45, 7) is 1.48. The maximum atomic E-state index is 12.8. The number of fused-ring (bicyclic) bond motifs is 1. The third kappa shape index (κ3) is 4.36. The molecule has 0 saturated heterocycles. The fraction of sp³-hybridized carbons (Fsp3) is 0.105. The monoisotopic (exact) mass is 518 g/mol. The Morgan fingerprint density at radius 1 is 1.34 bits per heavy atom. The molecule has 0 saturated carbocycles. The van der Waals surface area contributed by atoms with E-state index in [0.717, 1.165) is 9.15 Å². The van der Waals surface area contributed by atoms with Crippen LogP contribution in [0.2, 0.25) is 0 Å². The molecule has 0 fully saturated rings. The molecule has 0 spiro atoms. The Hall–Kier alpha value is -3.03. The average molecular weight is 520 g/mol. The quantitative estimate of drug-likeness (QED) is 0.219. The fourth-order valence-electron chi connectivity index (χ4n) is 2.62. The molecular weight excluding hydrogens is 508 g/mol. The summed E-state index contributed by atoms with van der Waals surface area (Å²) in [6, 6.07) is 8.05. The van der Waals surface area contributed by atoms with Crippen LogP contribution < -0.4 is 10.3 Å². The molecule has 0 N–H and O–H groups in total. The third-order valence-corrected chi connectivity index (χ3v) is 4.79. The van der Waals surface area contributed by atoms with E-state index in [1.54, 1.807) is 31.2 Å². The van der Waals surface area contributed by atoms with Crippen LogP contribution in [0, 0.1) is 29.4 Å². The van der Waals surface area contributed by atoms with Crippen molar-refractivity contribution in [2.45, 2.75) is 6.92 Å². The Kier molecular flexibility index (Phi) is 6.10. The summed E-state index contributed by atoms with van der Waals surface area (Å²) < 4.78 is 7.67. The van der Waals surface area contributed by atoms with E-state index >= 15 is 0 Å². The minimum absolute atomic E-state index is 0.0397. The molecule has 8 nitrogen and oxygen atoms in total. The van der Waals surface area contributed by atoms with Crippen molar-refractivity contribution in [2.75, 3.05) is 6.61 Å². The number of aryl methyl sites for hydroxylation is 1. The van der Waals surface area contributed by atoms with Crippen LogP contribution in [0.4, 0.5) is 5.69 Å². The summed E-state index contributed by atoms with van der Waals surface area (Å²) in [4.78, 5) is 28.0. The number of hydrogen-bond acceptors (Lipinski definition) is 6. The summed E-state index contributed by atoms with van der Waals surface area (Å²) >= 11 is 6.56. The molecule has 0 aliphatic rings. The maximum absolute atomic E-state index is 12.8. The Labute approximate surface area is 181 Å². The molecule has 0 unspecified atom stereocenters. The number of halogens is 2. The molecule has 29 heavy (non-hydrogen) atoms. The Balaban J connectivity index is 2.16. The zero-order valence-corrected chi connectivity index (χ0v) is 18.1. The van der Waals surface area contributed by atoms with Crippen molar-refractivity contribution in [3.63, 3.8) is 0 Å². The van der Waals surface area contributed by atoms with Gasteiger partial charge in [-0.2, -0.15) is 9.78 Å².